The van der Waals surface area contributed by atoms with E-state index in [0.29, 0.717) is 31.0 Å². The number of carbonyl (C=O) groups is 1. The second-order valence-corrected chi connectivity index (χ2v) is 3.24. The number of nitrogen functional groups attached to an aromatic ring is 1. The fourth-order valence-electron chi connectivity index (χ4n) is 1.16. The van der Waals surface area contributed by atoms with Gasteiger partial charge in [0.25, 0.3) is 0 Å². The molecule has 7 heteroatoms. The number of nitrogens with two attached hydrogens (primary N) is 2. The molecule has 6 N–H and O–H groups in total. The second kappa shape index (κ2) is 5.74. The number of primary amides is 1. The van der Waals surface area contributed by atoms with E-state index in [2.05, 4.69) is 20.6 Å². The zero-order chi connectivity index (χ0) is 12.0. The molecular formula is C9H16N6O. The van der Waals surface area contributed by atoms with Crippen molar-refractivity contribution in [3.8, 4) is 0 Å². The zero-order valence-electron chi connectivity index (χ0n) is 9.16. The summed E-state index contributed by atoms with van der Waals surface area (Å²) in [7, 11) is 1.75. The summed E-state index contributed by atoms with van der Waals surface area (Å²) >= 11 is 0. The highest BCUT2D eigenvalue weighted by Crippen LogP contribution is 2.11. The molecule has 0 fully saturated rings. The number of carbonyl (C=O) groups excluding carboxylic acids is 1. The van der Waals surface area contributed by atoms with Crippen molar-refractivity contribution in [2.24, 2.45) is 5.73 Å². The first-order valence-corrected chi connectivity index (χ1v) is 4.96. The Morgan fingerprint density at radius 1 is 1.44 bits per heavy atom. The van der Waals surface area contributed by atoms with Gasteiger partial charge >= 0.3 is 0 Å². The Bertz CT molecular complexity index is 367. The van der Waals surface area contributed by atoms with E-state index in [1.54, 1.807) is 13.1 Å². The molecule has 0 saturated heterocycles. The van der Waals surface area contributed by atoms with E-state index < -0.39 is 0 Å². The molecule has 0 bridgehead atoms. The minimum absolute atomic E-state index is 0.198. The summed E-state index contributed by atoms with van der Waals surface area (Å²) < 4.78 is 0. The molecule has 0 atom stereocenters. The van der Waals surface area contributed by atoms with Crippen LogP contribution in [0.4, 0.5) is 17.6 Å². The zero-order valence-corrected chi connectivity index (χ0v) is 9.16. The van der Waals surface area contributed by atoms with Gasteiger partial charge in [-0.25, -0.2) is 0 Å². The van der Waals surface area contributed by atoms with Crippen molar-refractivity contribution in [2.75, 3.05) is 30.0 Å². The van der Waals surface area contributed by atoms with Crippen molar-refractivity contribution >= 4 is 23.5 Å². The molecule has 1 aromatic rings. The highest BCUT2D eigenvalue weighted by atomic mass is 16.1. The molecule has 88 valence electrons. The van der Waals surface area contributed by atoms with Crippen molar-refractivity contribution in [3.63, 3.8) is 0 Å². The van der Waals surface area contributed by atoms with Gasteiger partial charge in [0.05, 0.1) is 0 Å². The first kappa shape index (κ1) is 12.0. The van der Waals surface area contributed by atoms with Crippen LogP contribution in [0.25, 0.3) is 0 Å². The monoisotopic (exact) mass is 224 g/mol. The van der Waals surface area contributed by atoms with E-state index in [9.17, 15) is 4.79 Å². The van der Waals surface area contributed by atoms with Crippen molar-refractivity contribution in [1.82, 2.24) is 9.97 Å². The first-order valence-electron chi connectivity index (χ1n) is 4.96. The molecule has 0 aromatic carbocycles. The Hall–Kier alpha value is -2.05. The third-order valence-corrected chi connectivity index (χ3v) is 1.91. The lowest BCUT2D eigenvalue weighted by molar-refractivity contribution is -0.118. The van der Waals surface area contributed by atoms with E-state index in [-0.39, 0.29) is 11.9 Å². The maximum atomic E-state index is 10.5. The summed E-state index contributed by atoms with van der Waals surface area (Å²) in [5.74, 6) is 1.16. The molecule has 1 heterocycles. The van der Waals surface area contributed by atoms with E-state index in [0.717, 1.165) is 0 Å². The number of nitrogens with zero attached hydrogens (tertiary/aromatic N) is 2. The molecule has 1 amide bonds. The summed E-state index contributed by atoms with van der Waals surface area (Å²) in [6.45, 7) is 0.614. The van der Waals surface area contributed by atoms with Gasteiger partial charge in [0, 0.05) is 26.1 Å². The number of nitrogens with one attached hydrogen (secondary N) is 2. The number of hydrogen-bond donors (Lipinski definition) is 4. The van der Waals surface area contributed by atoms with Crippen LogP contribution in [0.1, 0.15) is 12.8 Å². The molecule has 1 rings (SSSR count). The molecule has 1 aromatic heterocycles. The summed E-state index contributed by atoms with van der Waals surface area (Å²) in [6, 6.07) is 1.74. The smallest absolute Gasteiger partial charge is 0.223 e. The first-order chi connectivity index (χ1) is 7.61. The third kappa shape index (κ3) is 3.99. The minimum atomic E-state index is -0.306. The standard InChI is InChI=1S/C9H16N6O/c1-12-7-5-8(15-9(11)14-7)13-4-2-3-6(10)16/h5H,2-4H2,1H3,(H2,10,16)(H4,11,12,13,14,15). The van der Waals surface area contributed by atoms with Gasteiger partial charge in [0.2, 0.25) is 11.9 Å². The van der Waals surface area contributed by atoms with Crippen LogP contribution in [0, 0.1) is 0 Å². The van der Waals surface area contributed by atoms with Crippen LogP contribution in [-0.4, -0.2) is 29.5 Å². The average molecular weight is 224 g/mol. The maximum absolute atomic E-state index is 10.5. The van der Waals surface area contributed by atoms with Crippen LogP contribution in [0.2, 0.25) is 0 Å². The number of amides is 1. The summed E-state index contributed by atoms with van der Waals surface area (Å²) in [6.07, 6.45) is 1.01. The predicted molar refractivity (Wildman–Crippen MR) is 62.9 cm³/mol. The lowest BCUT2D eigenvalue weighted by atomic mass is 10.3. The summed E-state index contributed by atoms with van der Waals surface area (Å²) in [4.78, 5) is 18.5. The van der Waals surface area contributed by atoms with Gasteiger partial charge < -0.3 is 22.1 Å². The quantitative estimate of drug-likeness (QED) is 0.496. The van der Waals surface area contributed by atoms with E-state index >= 15 is 0 Å². The Kier molecular flexibility index (Phi) is 4.31. The van der Waals surface area contributed by atoms with Gasteiger partial charge in [-0.15, -0.1) is 0 Å². The molecule has 0 aliphatic heterocycles. The number of anilines is 3. The topological polar surface area (TPSA) is 119 Å². The predicted octanol–water partition coefficient (Wildman–Crippen LogP) is -0.222. The molecule has 0 saturated carbocycles. The van der Waals surface area contributed by atoms with Crippen LogP contribution in [0.15, 0.2) is 6.07 Å². The highest BCUT2D eigenvalue weighted by molar-refractivity contribution is 5.73. The normalized spacial score (nSPS) is 9.81. The lowest BCUT2D eigenvalue weighted by Gasteiger charge is -2.07. The molecule has 7 nitrogen and oxygen atoms in total. The maximum Gasteiger partial charge on any atom is 0.223 e. The van der Waals surface area contributed by atoms with E-state index in [1.165, 1.54) is 0 Å². The largest absolute Gasteiger partial charge is 0.373 e. The average Bonchev–Trinajstić information content (AvgIpc) is 2.23. The van der Waals surface area contributed by atoms with Crippen LogP contribution in [0.5, 0.6) is 0 Å². The summed E-state index contributed by atoms with van der Waals surface area (Å²) in [5.41, 5.74) is 10.5. The molecule has 0 unspecified atom stereocenters. The highest BCUT2D eigenvalue weighted by Gasteiger charge is 2.00. The molecule has 0 aliphatic carbocycles. The van der Waals surface area contributed by atoms with Gasteiger partial charge in [-0.3, -0.25) is 4.79 Å². The van der Waals surface area contributed by atoms with E-state index in [4.69, 9.17) is 11.5 Å². The molecule has 0 radical (unpaired) electrons. The Balaban J connectivity index is 2.47. The van der Waals surface area contributed by atoms with Gasteiger partial charge in [-0.1, -0.05) is 0 Å². The van der Waals surface area contributed by atoms with Crippen LogP contribution >= 0.6 is 0 Å². The van der Waals surface area contributed by atoms with Crippen LogP contribution < -0.4 is 22.1 Å². The van der Waals surface area contributed by atoms with Crippen LogP contribution in [-0.2, 0) is 4.79 Å². The lowest BCUT2D eigenvalue weighted by Crippen LogP contribution is -2.13. The number of rotatable bonds is 6. The molecule has 16 heavy (non-hydrogen) atoms. The van der Waals surface area contributed by atoms with Crippen molar-refractivity contribution < 1.29 is 4.79 Å². The SMILES string of the molecule is CNc1cc(NCCCC(N)=O)nc(N)n1. The van der Waals surface area contributed by atoms with E-state index in [1.807, 2.05) is 0 Å². The van der Waals surface area contributed by atoms with Crippen molar-refractivity contribution in [2.45, 2.75) is 12.8 Å². The van der Waals surface area contributed by atoms with Gasteiger partial charge in [0.15, 0.2) is 0 Å². The second-order valence-electron chi connectivity index (χ2n) is 3.24. The molecular weight excluding hydrogens is 208 g/mol. The Morgan fingerprint density at radius 3 is 2.75 bits per heavy atom. The fourth-order valence-corrected chi connectivity index (χ4v) is 1.16. The van der Waals surface area contributed by atoms with Gasteiger partial charge in [-0.05, 0) is 6.42 Å². The van der Waals surface area contributed by atoms with Crippen molar-refractivity contribution in [3.05, 3.63) is 6.07 Å². The van der Waals surface area contributed by atoms with Gasteiger partial charge in [0.1, 0.15) is 11.6 Å². The Labute approximate surface area is 93.6 Å². The molecule has 0 spiro atoms. The number of aromatic nitrogens is 2. The Morgan fingerprint density at radius 2 is 2.12 bits per heavy atom. The van der Waals surface area contributed by atoms with Gasteiger partial charge in [-0.2, -0.15) is 9.97 Å². The molecule has 0 aliphatic rings. The fraction of sp³-hybridized carbons (Fsp3) is 0.444. The summed E-state index contributed by atoms with van der Waals surface area (Å²) in [5, 5.41) is 5.91. The van der Waals surface area contributed by atoms with Crippen LogP contribution in [0.3, 0.4) is 0 Å². The number of hydrogen-bond acceptors (Lipinski definition) is 6. The minimum Gasteiger partial charge on any atom is -0.373 e. The van der Waals surface area contributed by atoms with Crippen molar-refractivity contribution in [1.29, 1.82) is 0 Å². The third-order valence-electron chi connectivity index (χ3n) is 1.91.